The van der Waals surface area contributed by atoms with Crippen LogP contribution in [0.15, 0.2) is 42.6 Å². The molecule has 6 nitrogen and oxygen atoms in total. The number of anilines is 1. The number of amides is 1. The van der Waals surface area contributed by atoms with Crippen molar-refractivity contribution in [1.29, 1.82) is 0 Å². The zero-order chi connectivity index (χ0) is 18.1. The van der Waals surface area contributed by atoms with E-state index in [0.717, 1.165) is 39.0 Å². The first kappa shape index (κ1) is 17.1. The van der Waals surface area contributed by atoms with Gasteiger partial charge in [-0.3, -0.25) is 9.48 Å². The molecule has 1 aromatic heterocycles. The van der Waals surface area contributed by atoms with Crippen LogP contribution in [0.25, 0.3) is 0 Å². The molecule has 3 heterocycles. The topological polar surface area (TPSA) is 50.6 Å². The molecule has 0 bridgehead atoms. The van der Waals surface area contributed by atoms with Gasteiger partial charge in [-0.2, -0.15) is 5.10 Å². The minimum Gasteiger partial charge on any atom is -0.373 e. The van der Waals surface area contributed by atoms with Gasteiger partial charge in [0.1, 0.15) is 5.69 Å². The monoisotopic (exact) mass is 354 g/mol. The maximum atomic E-state index is 12.7. The zero-order valence-corrected chi connectivity index (χ0v) is 15.5. The quantitative estimate of drug-likeness (QED) is 0.849. The number of ether oxygens (including phenoxy) is 1. The van der Waals surface area contributed by atoms with Crippen molar-refractivity contribution in [3.8, 4) is 0 Å². The predicted molar refractivity (Wildman–Crippen MR) is 100 cm³/mol. The number of aromatic nitrogens is 2. The van der Waals surface area contributed by atoms with Crippen LogP contribution >= 0.6 is 0 Å². The van der Waals surface area contributed by atoms with Crippen LogP contribution in [0.4, 0.5) is 5.69 Å². The van der Waals surface area contributed by atoms with E-state index >= 15 is 0 Å². The number of para-hydroxylation sites is 1. The van der Waals surface area contributed by atoms with Crippen molar-refractivity contribution in [2.45, 2.75) is 30.9 Å². The molecule has 1 spiro atoms. The molecule has 2 saturated heterocycles. The Balaban J connectivity index is 1.37. The number of carbonyl (C=O) groups excluding carboxylic acids is 1. The minimum absolute atomic E-state index is 0.0656. The van der Waals surface area contributed by atoms with Crippen LogP contribution in [0.5, 0.6) is 0 Å². The third-order valence-electron chi connectivity index (χ3n) is 5.90. The van der Waals surface area contributed by atoms with Gasteiger partial charge in [0.2, 0.25) is 0 Å². The lowest BCUT2D eigenvalue weighted by atomic mass is 9.87. The summed E-state index contributed by atoms with van der Waals surface area (Å²) < 4.78 is 7.92. The number of carbonyl (C=O) groups is 1. The SMILES string of the molecule is CN(c1ccccc1)[C@@H]1COC2(CCN(C(=O)c3ccnn3C)CC2)C1. The second kappa shape index (κ2) is 6.76. The van der Waals surface area contributed by atoms with Crippen molar-refractivity contribution in [3.63, 3.8) is 0 Å². The standard InChI is InChI=1S/C20H26N4O2/c1-22(16-6-4-3-5-7-16)17-14-20(26-15-17)9-12-24(13-10-20)19(25)18-8-11-21-23(18)2/h3-8,11,17H,9-10,12-15H2,1-2H3/t17-/m0/s1. The molecular weight excluding hydrogens is 328 g/mol. The molecule has 6 heteroatoms. The molecule has 0 radical (unpaired) electrons. The van der Waals surface area contributed by atoms with E-state index in [9.17, 15) is 4.79 Å². The molecule has 1 aromatic carbocycles. The summed E-state index contributed by atoms with van der Waals surface area (Å²) in [6.45, 7) is 2.23. The largest absolute Gasteiger partial charge is 0.373 e. The van der Waals surface area contributed by atoms with Gasteiger partial charge in [0.05, 0.1) is 18.2 Å². The lowest BCUT2D eigenvalue weighted by Crippen LogP contribution is -2.47. The molecule has 138 valence electrons. The normalized spacial score (nSPS) is 21.9. The average molecular weight is 354 g/mol. The molecule has 0 aliphatic carbocycles. The van der Waals surface area contributed by atoms with Crippen molar-refractivity contribution in [2.75, 3.05) is 31.6 Å². The Kier molecular flexibility index (Phi) is 4.44. The molecule has 0 N–H and O–H groups in total. The molecule has 2 aliphatic heterocycles. The summed E-state index contributed by atoms with van der Waals surface area (Å²) >= 11 is 0. The predicted octanol–water partition coefficient (Wildman–Crippen LogP) is 2.32. The average Bonchev–Trinajstić information content (AvgIpc) is 3.29. The van der Waals surface area contributed by atoms with Gasteiger partial charge in [-0.1, -0.05) is 18.2 Å². The highest BCUT2D eigenvalue weighted by atomic mass is 16.5. The van der Waals surface area contributed by atoms with Crippen LogP contribution in [0.2, 0.25) is 0 Å². The number of piperidine rings is 1. The van der Waals surface area contributed by atoms with E-state index < -0.39 is 0 Å². The third kappa shape index (κ3) is 3.09. The van der Waals surface area contributed by atoms with Crippen LogP contribution in [0.1, 0.15) is 29.8 Å². The van der Waals surface area contributed by atoms with Gasteiger partial charge in [0.15, 0.2) is 0 Å². The smallest absolute Gasteiger partial charge is 0.272 e. The Hall–Kier alpha value is -2.34. The molecule has 2 fully saturated rings. The fourth-order valence-corrected chi connectivity index (χ4v) is 4.15. The van der Waals surface area contributed by atoms with Crippen LogP contribution < -0.4 is 4.90 Å². The minimum atomic E-state index is -0.0864. The Labute approximate surface area is 154 Å². The van der Waals surface area contributed by atoms with E-state index in [1.165, 1.54) is 5.69 Å². The number of hydrogen-bond acceptors (Lipinski definition) is 4. The number of benzene rings is 1. The Morgan fingerprint density at radius 2 is 1.96 bits per heavy atom. The van der Waals surface area contributed by atoms with Crippen molar-refractivity contribution in [1.82, 2.24) is 14.7 Å². The summed E-state index contributed by atoms with van der Waals surface area (Å²) in [4.78, 5) is 16.9. The number of likely N-dealkylation sites (tertiary alicyclic amines) is 1. The fraction of sp³-hybridized carbons (Fsp3) is 0.500. The van der Waals surface area contributed by atoms with Gasteiger partial charge in [-0.05, 0) is 37.5 Å². The fourth-order valence-electron chi connectivity index (χ4n) is 4.15. The molecule has 2 aliphatic rings. The summed E-state index contributed by atoms with van der Waals surface area (Å²) in [5.74, 6) is 0.0656. The zero-order valence-electron chi connectivity index (χ0n) is 15.5. The molecule has 26 heavy (non-hydrogen) atoms. The molecule has 4 rings (SSSR count). The molecule has 2 aromatic rings. The molecule has 0 saturated carbocycles. The van der Waals surface area contributed by atoms with E-state index in [1.807, 2.05) is 18.0 Å². The maximum Gasteiger partial charge on any atom is 0.272 e. The van der Waals surface area contributed by atoms with Crippen molar-refractivity contribution in [2.24, 2.45) is 7.05 Å². The second-order valence-corrected chi connectivity index (χ2v) is 7.43. The third-order valence-corrected chi connectivity index (χ3v) is 5.90. The Morgan fingerprint density at radius 3 is 2.62 bits per heavy atom. The highest BCUT2D eigenvalue weighted by Gasteiger charge is 2.44. The summed E-state index contributed by atoms with van der Waals surface area (Å²) in [6, 6.07) is 12.6. The lowest BCUT2D eigenvalue weighted by molar-refractivity contribution is -0.0390. The Morgan fingerprint density at radius 1 is 1.23 bits per heavy atom. The first-order valence-electron chi connectivity index (χ1n) is 9.27. The summed E-state index contributed by atoms with van der Waals surface area (Å²) in [5, 5.41) is 4.10. The number of rotatable bonds is 3. The number of aryl methyl sites for hydroxylation is 1. The van der Waals surface area contributed by atoms with E-state index in [0.29, 0.717) is 11.7 Å². The van der Waals surface area contributed by atoms with Gasteiger partial charge in [-0.15, -0.1) is 0 Å². The summed E-state index contributed by atoms with van der Waals surface area (Å²) in [6.07, 6.45) is 4.49. The molecule has 0 unspecified atom stereocenters. The van der Waals surface area contributed by atoms with E-state index in [-0.39, 0.29) is 11.5 Å². The van der Waals surface area contributed by atoms with Gasteiger partial charge in [0, 0.05) is 39.1 Å². The molecular formula is C20H26N4O2. The number of nitrogens with zero attached hydrogens (tertiary/aromatic N) is 4. The number of likely N-dealkylation sites (N-methyl/N-ethyl adjacent to an activating group) is 1. The van der Waals surface area contributed by atoms with Crippen molar-refractivity contribution < 1.29 is 9.53 Å². The van der Waals surface area contributed by atoms with Crippen molar-refractivity contribution >= 4 is 11.6 Å². The highest BCUT2D eigenvalue weighted by Crippen LogP contribution is 2.38. The van der Waals surface area contributed by atoms with Crippen LogP contribution in [0, 0.1) is 0 Å². The first-order valence-corrected chi connectivity index (χ1v) is 9.27. The van der Waals surface area contributed by atoms with Gasteiger partial charge < -0.3 is 14.5 Å². The van der Waals surface area contributed by atoms with Crippen LogP contribution in [0.3, 0.4) is 0 Å². The van der Waals surface area contributed by atoms with Gasteiger partial charge >= 0.3 is 0 Å². The Bertz CT molecular complexity index is 765. The highest BCUT2D eigenvalue weighted by molar-refractivity contribution is 5.92. The van der Waals surface area contributed by atoms with E-state index in [2.05, 4.69) is 41.3 Å². The summed E-state index contributed by atoms with van der Waals surface area (Å²) in [7, 11) is 3.95. The first-order chi connectivity index (χ1) is 12.6. The lowest BCUT2D eigenvalue weighted by Gasteiger charge is -2.39. The van der Waals surface area contributed by atoms with Gasteiger partial charge in [-0.25, -0.2) is 0 Å². The second-order valence-electron chi connectivity index (χ2n) is 7.43. The maximum absolute atomic E-state index is 12.7. The van der Waals surface area contributed by atoms with Gasteiger partial charge in [0.25, 0.3) is 5.91 Å². The van der Waals surface area contributed by atoms with Crippen LogP contribution in [-0.2, 0) is 11.8 Å². The van der Waals surface area contributed by atoms with Crippen molar-refractivity contribution in [3.05, 3.63) is 48.3 Å². The number of hydrogen-bond donors (Lipinski definition) is 0. The summed E-state index contributed by atoms with van der Waals surface area (Å²) in [5.41, 5.74) is 1.79. The van der Waals surface area contributed by atoms with Crippen LogP contribution in [-0.4, -0.2) is 59.0 Å². The van der Waals surface area contributed by atoms with E-state index in [1.54, 1.807) is 16.9 Å². The molecule has 1 amide bonds. The van der Waals surface area contributed by atoms with E-state index in [4.69, 9.17) is 4.74 Å². The molecule has 1 atom stereocenters.